The lowest BCUT2D eigenvalue weighted by molar-refractivity contribution is 0.0696. The maximum Gasteiger partial charge on any atom is 0.335 e. The van der Waals surface area contributed by atoms with Crippen molar-refractivity contribution in [2.75, 3.05) is 11.8 Å². The van der Waals surface area contributed by atoms with E-state index in [1.807, 2.05) is 6.92 Å². The van der Waals surface area contributed by atoms with E-state index in [9.17, 15) is 13.2 Å². The van der Waals surface area contributed by atoms with Crippen LogP contribution in [0.1, 0.15) is 21.5 Å². The Morgan fingerprint density at radius 3 is 2.43 bits per heavy atom. The molecule has 0 aromatic heterocycles. The maximum atomic E-state index is 12.5. The van der Waals surface area contributed by atoms with E-state index in [0.29, 0.717) is 17.0 Å². The predicted octanol–water partition coefficient (Wildman–Crippen LogP) is 2.81. The monoisotopic (exact) mass is 335 g/mol. The van der Waals surface area contributed by atoms with Crippen LogP contribution in [0.3, 0.4) is 0 Å². The fourth-order valence-corrected chi connectivity index (χ4v) is 3.19. The second kappa shape index (κ2) is 6.29. The fourth-order valence-electron chi connectivity index (χ4n) is 2.10. The first-order valence-electron chi connectivity index (χ1n) is 6.76. The summed E-state index contributed by atoms with van der Waals surface area (Å²) in [5, 5.41) is 9.13. The van der Waals surface area contributed by atoms with E-state index in [2.05, 4.69) is 4.72 Å². The number of ether oxygens (including phenoxy) is 1. The van der Waals surface area contributed by atoms with Gasteiger partial charge < -0.3 is 9.84 Å². The van der Waals surface area contributed by atoms with Crippen molar-refractivity contribution >= 4 is 21.7 Å². The number of rotatable bonds is 5. The van der Waals surface area contributed by atoms with E-state index in [1.54, 1.807) is 25.1 Å². The topological polar surface area (TPSA) is 92.7 Å². The van der Waals surface area contributed by atoms with E-state index in [-0.39, 0.29) is 10.5 Å². The van der Waals surface area contributed by atoms with Crippen molar-refractivity contribution in [3.8, 4) is 5.75 Å². The zero-order valence-electron chi connectivity index (χ0n) is 13.0. The molecule has 0 aliphatic carbocycles. The van der Waals surface area contributed by atoms with E-state index in [1.165, 1.54) is 19.2 Å². The molecule has 0 heterocycles. The van der Waals surface area contributed by atoms with Crippen LogP contribution in [0.25, 0.3) is 0 Å². The molecular formula is C16H17NO5S. The van der Waals surface area contributed by atoms with Crippen LogP contribution in [0.5, 0.6) is 5.75 Å². The highest BCUT2D eigenvalue weighted by Gasteiger charge is 2.19. The van der Waals surface area contributed by atoms with Crippen molar-refractivity contribution < 1.29 is 23.1 Å². The normalized spacial score (nSPS) is 11.1. The lowest BCUT2D eigenvalue weighted by atomic mass is 10.1. The van der Waals surface area contributed by atoms with Gasteiger partial charge in [0.15, 0.2) is 0 Å². The van der Waals surface area contributed by atoms with Crippen LogP contribution < -0.4 is 9.46 Å². The Kier molecular flexibility index (Phi) is 4.60. The number of sulfonamides is 1. The van der Waals surface area contributed by atoms with Gasteiger partial charge in [0, 0.05) is 0 Å². The Hall–Kier alpha value is -2.54. The number of methoxy groups -OCH3 is 1. The van der Waals surface area contributed by atoms with Crippen molar-refractivity contribution in [3.05, 3.63) is 53.1 Å². The lowest BCUT2D eigenvalue weighted by Crippen LogP contribution is -2.15. The Labute approximate surface area is 134 Å². The minimum atomic E-state index is -3.93. The van der Waals surface area contributed by atoms with Crippen molar-refractivity contribution in [3.63, 3.8) is 0 Å². The summed E-state index contributed by atoms with van der Waals surface area (Å²) in [7, 11) is -2.49. The molecule has 0 fully saturated rings. The molecule has 2 N–H and O–H groups in total. The Balaban J connectivity index is 2.46. The van der Waals surface area contributed by atoms with Crippen LogP contribution in [0.15, 0.2) is 41.3 Å². The molecule has 2 aromatic carbocycles. The molecule has 0 amide bonds. The van der Waals surface area contributed by atoms with Gasteiger partial charge in [0.05, 0.1) is 23.3 Å². The van der Waals surface area contributed by atoms with Crippen LogP contribution in [0.4, 0.5) is 5.69 Å². The van der Waals surface area contributed by atoms with E-state index in [0.717, 1.165) is 11.6 Å². The van der Waals surface area contributed by atoms with Crippen molar-refractivity contribution in [1.29, 1.82) is 0 Å². The van der Waals surface area contributed by atoms with E-state index in [4.69, 9.17) is 9.84 Å². The molecule has 2 aromatic rings. The van der Waals surface area contributed by atoms with Gasteiger partial charge >= 0.3 is 5.97 Å². The zero-order chi connectivity index (χ0) is 17.2. The number of anilines is 1. The lowest BCUT2D eigenvalue weighted by Gasteiger charge is -2.13. The van der Waals surface area contributed by atoms with Crippen molar-refractivity contribution in [2.45, 2.75) is 18.7 Å². The predicted molar refractivity (Wildman–Crippen MR) is 86.7 cm³/mol. The average Bonchev–Trinajstić information content (AvgIpc) is 2.47. The summed E-state index contributed by atoms with van der Waals surface area (Å²) in [5.74, 6) is -0.794. The Morgan fingerprint density at radius 2 is 1.83 bits per heavy atom. The minimum absolute atomic E-state index is 0.0518. The number of carbonyl (C=O) groups is 1. The van der Waals surface area contributed by atoms with Crippen LogP contribution in [0.2, 0.25) is 0 Å². The van der Waals surface area contributed by atoms with Crippen molar-refractivity contribution in [1.82, 2.24) is 0 Å². The highest BCUT2D eigenvalue weighted by atomic mass is 32.2. The summed E-state index contributed by atoms with van der Waals surface area (Å²) >= 11 is 0. The first kappa shape index (κ1) is 16.8. The number of hydrogen-bond acceptors (Lipinski definition) is 4. The number of hydrogen-bond donors (Lipinski definition) is 2. The van der Waals surface area contributed by atoms with Gasteiger partial charge in [0.2, 0.25) is 0 Å². The van der Waals surface area contributed by atoms with Gasteiger partial charge in [0.25, 0.3) is 10.0 Å². The van der Waals surface area contributed by atoms with Crippen LogP contribution >= 0.6 is 0 Å². The van der Waals surface area contributed by atoms with Crippen molar-refractivity contribution in [2.24, 2.45) is 0 Å². The number of carboxylic acids is 1. The van der Waals surface area contributed by atoms with Gasteiger partial charge in [-0.15, -0.1) is 0 Å². The Bertz CT molecular complexity index is 859. The molecule has 23 heavy (non-hydrogen) atoms. The molecular weight excluding hydrogens is 318 g/mol. The zero-order valence-corrected chi connectivity index (χ0v) is 13.8. The van der Waals surface area contributed by atoms with Gasteiger partial charge in [-0.25, -0.2) is 13.2 Å². The van der Waals surface area contributed by atoms with Gasteiger partial charge in [-0.2, -0.15) is 0 Å². The summed E-state index contributed by atoms with van der Waals surface area (Å²) in [5.41, 5.74) is 1.59. The van der Waals surface area contributed by atoms with Gasteiger partial charge in [-0.3, -0.25) is 4.72 Å². The van der Waals surface area contributed by atoms with Crippen LogP contribution in [-0.4, -0.2) is 26.6 Å². The first-order valence-corrected chi connectivity index (χ1v) is 8.24. The number of aryl methyl sites for hydroxylation is 2. The molecule has 0 aliphatic heterocycles. The summed E-state index contributed by atoms with van der Waals surface area (Å²) in [6.45, 7) is 3.43. The highest BCUT2D eigenvalue weighted by Crippen LogP contribution is 2.28. The SMILES string of the molecule is COc1ccc(C)cc1NS(=O)(=O)c1ccc(C)c(C(=O)O)c1. The third-order valence-corrected chi connectivity index (χ3v) is 4.71. The standard InChI is InChI=1S/C16H17NO5S/c1-10-4-7-15(22-3)14(8-10)17-23(20,21)12-6-5-11(2)13(9-12)16(18)19/h4-9,17H,1-3H3,(H,18,19). The summed E-state index contributed by atoms with van der Waals surface area (Å²) in [4.78, 5) is 11.0. The van der Waals surface area contributed by atoms with Crippen LogP contribution in [0, 0.1) is 13.8 Å². The molecule has 0 unspecified atom stereocenters. The Morgan fingerprint density at radius 1 is 1.13 bits per heavy atom. The molecule has 0 spiro atoms. The minimum Gasteiger partial charge on any atom is -0.495 e. The number of aromatic carboxylic acids is 1. The quantitative estimate of drug-likeness (QED) is 0.876. The third-order valence-electron chi connectivity index (χ3n) is 3.35. The summed E-state index contributed by atoms with van der Waals surface area (Å²) in [6, 6.07) is 9.07. The second-order valence-electron chi connectivity index (χ2n) is 5.09. The largest absolute Gasteiger partial charge is 0.495 e. The number of carboxylic acid groups (broad SMARTS) is 1. The highest BCUT2D eigenvalue weighted by molar-refractivity contribution is 7.92. The molecule has 0 radical (unpaired) electrons. The molecule has 0 bridgehead atoms. The third kappa shape index (κ3) is 3.62. The molecule has 2 rings (SSSR count). The van der Waals surface area contributed by atoms with Gasteiger partial charge in [-0.05, 0) is 49.2 Å². The smallest absolute Gasteiger partial charge is 0.335 e. The molecule has 0 aliphatic rings. The number of benzene rings is 2. The van der Waals surface area contributed by atoms with Crippen LogP contribution in [-0.2, 0) is 10.0 Å². The molecule has 6 nitrogen and oxygen atoms in total. The van der Waals surface area contributed by atoms with Gasteiger partial charge in [0.1, 0.15) is 5.75 Å². The fraction of sp³-hybridized carbons (Fsp3) is 0.188. The first-order chi connectivity index (χ1) is 10.7. The molecule has 0 saturated heterocycles. The van der Waals surface area contributed by atoms with E-state index >= 15 is 0 Å². The second-order valence-corrected chi connectivity index (χ2v) is 6.77. The van der Waals surface area contributed by atoms with Gasteiger partial charge in [-0.1, -0.05) is 12.1 Å². The summed E-state index contributed by atoms with van der Waals surface area (Å²) < 4.78 is 32.6. The maximum absolute atomic E-state index is 12.5. The molecule has 0 saturated carbocycles. The molecule has 122 valence electrons. The van der Waals surface area contributed by atoms with E-state index < -0.39 is 16.0 Å². The number of nitrogens with one attached hydrogen (secondary N) is 1. The molecule has 0 atom stereocenters. The average molecular weight is 335 g/mol. The molecule has 7 heteroatoms. The summed E-state index contributed by atoms with van der Waals surface area (Å²) in [6.07, 6.45) is 0.